The molecule has 1 aromatic rings. The summed E-state index contributed by atoms with van der Waals surface area (Å²) in [6.45, 7) is 12.0. The fourth-order valence-electron chi connectivity index (χ4n) is 4.17. The molecule has 1 fully saturated rings. The first-order valence-corrected chi connectivity index (χ1v) is 17.2. The average molecular weight is 727 g/mol. The number of ether oxygens (including phenoxy) is 3. The highest BCUT2D eigenvalue weighted by molar-refractivity contribution is 7.51. The van der Waals surface area contributed by atoms with E-state index in [1.165, 1.54) is 13.8 Å². The lowest BCUT2D eigenvalue weighted by molar-refractivity contribution is -0.158. The lowest BCUT2D eigenvalue weighted by Crippen LogP contribution is -2.48. The average Bonchev–Trinajstić information content (AvgIpc) is 3.17. The van der Waals surface area contributed by atoms with Crippen molar-refractivity contribution in [3.63, 3.8) is 0 Å². The molecule has 1 aliphatic heterocycles. The number of hydrogen-bond donors (Lipinski definition) is 5. The Morgan fingerprint density at radius 2 is 1.71 bits per heavy atom. The summed E-state index contributed by atoms with van der Waals surface area (Å²) in [4.78, 5) is 52.6. The number of aliphatic hydroxyl groups excluding tert-OH is 1. The molecule has 1 aromatic heterocycles. The van der Waals surface area contributed by atoms with Gasteiger partial charge < -0.3 is 35.7 Å². The summed E-state index contributed by atoms with van der Waals surface area (Å²) in [6.07, 6.45) is -4.98. The standard InChI is InChI=1S/C29H49F2N6O11P/c1-17(22(39)34-18(2)23(40)47-27(3,4)5)36-49(43,44-15-11-9-10-13-33-26(42)48-28(6,7)8)45-16-19-21(38)29(30,31)24(46-19)37-14-12-20(32)35-25(37)41/h12,14,17-19,21,24,38H,9-11,13,15-16H2,1-8H3,(H,33,42)(H,34,39)(H,36,43)(H2,32,35,41)/t17?,18?,19-,21-,24-,49?/m1/s1. The maximum Gasteiger partial charge on any atom is 0.407 e. The van der Waals surface area contributed by atoms with Crippen LogP contribution in [0.2, 0.25) is 0 Å². The molecule has 2 heterocycles. The van der Waals surface area contributed by atoms with Crippen LogP contribution in [-0.2, 0) is 37.4 Å². The van der Waals surface area contributed by atoms with Gasteiger partial charge in [0, 0.05) is 12.7 Å². The second kappa shape index (κ2) is 17.1. The first-order chi connectivity index (χ1) is 22.4. The first-order valence-electron chi connectivity index (χ1n) is 15.7. The highest BCUT2D eigenvalue weighted by Crippen LogP contribution is 2.47. The Morgan fingerprint density at radius 3 is 2.31 bits per heavy atom. The number of aliphatic hydroxyl groups is 1. The highest BCUT2D eigenvalue weighted by atomic mass is 31.2. The number of unbranched alkanes of at least 4 members (excludes halogenated alkanes) is 2. The second-order valence-corrected chi connectivity index (χ2v) is 15.2. The third-order valence-electron chi connectivity index (χ3n) is 6.51. The van der Waals surface area contributed by atoms with Crippen LogP contribution in [0.3, 0.4) is 0 Å². The number of nitrogens with one attached hydrogen (secondary N) is 3. The van der Waals surface area contributed by atoms with E-state index in [1.807, 2.05) is 0 Å². The van der Waals surface area contributed by atoms with Crippen LogP contribution in [0, 0.1) is 0 Å². The number of rotatable bonds is 16. The number of alkyl carbamates (subject to hydrolysis) is 1. The Morgan fingerprint density at radius 1 is 1.08 bits per heavy atom. The molecule has 3 unspecified atom stereocenters. The van der Waals surface area contributed by atoms with E-state index in [9.17, 15) is 28.8 Å². The fourth-order valence-corrected chi connectivity index (χ4v) is 5.70. The van der Waals surface area contributed by atoms with Crippen LogP contribution >= 0.6 is 7.75 Å². The summed E-state index contributed by atoms with van der Waals surface area (Å²) in [7, 11) is -4.50. The number of esters is 1. The molecule has 0 aliphatic carbocycles. The van der Waals surface area contributed by atoms with Crippen molar-refractivity contribution in [3.8, 4) is 0 Å². The molecule has 20 heteroatoms. The lowest BCUT2D eigenvalue weighted by atomic mass is 10.1. The van der Waals surface area contributed by atoms with Gasteiger partial charge in [-0.3, -0.25) is 18.4 Å². The van der Waals surface area contributed by atoms with Crippen molar-refractivity contribution >= 4 is 31.5 Å². The van der Waals surface area contributed by atoms with Crippen molar-refractivity contribution in [1.29, 1.82) is 0 Å². The molecule has 0 saturated carbocycles. The third-order valence-corrected chi connectivity index (χ3v) is 8.22. The van der Waals surface area contributed by atoms with Gasteiger partial charge >= 0.3 is 31.4 Å². The summed E-state index contributed by atoms with van der Waals surface area (Å²) in [6, 6.07) is -1.30. The van der Waals surface area contributed by atoms with Crippen LogP contribution in [0.25, 0.3) is 0 Å². The first kappa shape index (κ1) is 41.9. The van der Waals surface area contributed by atoms with Gasteiger partial charge in [0.25, 0.3) is 0 Å². The third kappa shape index (κ3) is 13.5. The summed E-state index contributed by atoms with van der Waals surface area (Å²) in [5, 5.41) is 17.8. The summed E-state index contributed by atoms with van der Waals surface area (Å²) < 4.78 is 70.9. The monoisotopic (exact) mass is 726 g/mol. The minimum atomic E-state index is -4.50. The zero-order valence-electron chi connectivity index (χ0n) is 29.0. The molecule has 0 aromatic carbocycles. The summed E-state index contributed by atoms with van der Waals surface area (Å²) in [5.41, 5.74) is 2.80. The van der Waals surface area contributed by atoms with Crippen LogP contribution < -0.4 is 27.1 Å². The molecular weight excluding hydrogens is 677 g/mol. The summed E-state index contributed by atoms with van der Waals surface area (Å²) in [5.74, 6) is -5.74. The van der Waals surface area contributed by atoms with E-state index in [2.05, 4.69) is 20.7 Å². The molecule has 6 atom stereocenters. The van der Waals surface area contributed by atoms with Gasteiger partial charge in [0.1, 0.15) is 29.2 Å². The van der Waals surface area contributed by atoms with E-state index in [-0.39, 0.29) is 19.0 Å². The Kier molecular flexibility index (Phi) is 14.7. The largest absolute Gasteiger partial charge is 0.458 e. The number of alkyl halides is 2. The van der Waals surface area contributed by atoms with Gasteiger partial charge in [0.2, 0.25) is 12.1 Å². The maximum absolute atomic E-state index is 15.0. The topological polar surface area (TPSA) is 232 Å². The highest BCUT2D eigenvalue weighted by Gasteiger charge is 2.60. The van der Waals surface area contributed by atoms with Gasteiger partial charge in [0.15, 0.2) is 6.10 Å². The number of anilines is 1. The summed E-state index contributed by atoms with van der Waals surface area (Å²) >= 11 is 0. The maximum atomic E-state index is 15.0. The number of hydrogen-bond acceptors (Lipinski definition) is 13. The van der Waals surface area contributed by atoms with E-state index < -0.39 is 85.7 Å². The zero-order chi connectivity index (χ0) is 37.4. The SMILES string of the molecule is CC(NP(=O)(OCCCCCNC(=O)OC(C)(C)C)OC[C@H]1O[C@@H](n2ccc(N)nc2=O)C(F)(F)[C@@H]1O)C(=O)NC(C)C(=O)OC(C)(C)C. The number of carbonyl (C=O) groups is 3. The molecule has 2 amide bonds. The van der Waals surface area contributed by atoms with Crippen molar-refractivity contribution in [2.45, 2.75) is 122 Å². The van der Waals surface area contributed by atoms with Crippen molar-refractivity contribution in [2.75, 3.05) is 25.5 Å². The number of halogens is 2. The van der Waals surface area contributed by atoms with Crippen molar-refractivity contribution in [2.24, 2.45) is 0 Å². The molecule has 0 bridgehead atoms. The van der Waals surface area contributed by atoms with Crippen LogP contribution in [0.1, 0.15) is 80.9 Å². The molecule has 49 heavy (non-hydrogen) atoms. The van der Waals surface area contributed by atoms with Crippen molar-refractivity contribution in [1.82, 2.24) is 25.3 Å². The normalized spacial score (nSPS) is 21.7. The molecule has 280 valence electrons. The van der Waals surface area contributed by atoms with Crippen LogP contribution in [0.4, 0.5) is 19.4 Å². The molecular formula is C29H49F2N6O11P. The predicted molar refractivity (Wildman–Crippen MR) is 171 cm³/mol. The molecule has 0 spiro atoms. The number of amides is 2. The number of nitrogens with zero attached hydrogens (tertiary/aromatic N) is 2. The number of nitrogen functional groups attached to an aromatic ring is 1. The molecule has 6 N–H and O–H groups in total. The Bertz CT molecular complexity index is 1400. The van der Waals surface area contributed by atoms with Crippen LogP contribution in [-0.4, -0.2) is 93.8 Å². The number of aromatic nitrogens is 2. The molecule has 1 aliphatic rings. The van der Waals surface area contributed by atoms with Gasteiger partial charge in [-0.05, 0) is 80.7 Å². The predicted octanol–water partition coefficient (Wildman–Crippen LogP) is 2.38. The Labute approximate surface area is 283 Å². The number of nitrogens with two attached hydrogens (primary N) is 1. The van der Waals surface area contributed by atoms with Crippen molar-refractivity contribution in [3.05, 3.63) is 22.7 Å². The molecule has 1 saturated heterocycles. The fraction of sp³-hybridized carbons (Fsp3) is 0.759. The van der Waals surface area contributed by atoms with E-state index in [1.54, 1.807) is 41.5 Å². The zero-order valence-corrected chi connectivity index (χ0v) is 29.9. The van der Waals surface area contributed by atoms with Crippen LogP contribution in [0.5, 0.6) is 0 Å². The minimum Gasteiger partial charge on any atom is -0.458 e. The Hall–Kier alpha value is -3.22. The molecule has 17 nitrogen and oxygen atoms in total. The van der Waals surface area contributed by atoms with E-state index in [0.717, 1.165) is 12.3 Å². The van der Waals surface area contributed by atoms with E-state index in [0.29, 0.717) is 23.8 Å². The van der Waals surface area contributed by atoms with Crippen LogP contribution in [0.15, 0.2) is 17.1 Å². The van der Waals surface area contributed by atoms with Gasteiger partial charge in [-0.15, -0.1) is 0 Å². The number of carbonyl (C=O) groups excluding carboxylic acids is 3. The van der Waals surface area contributed by atoms with Gasteiger partial charge in [-0.25, -0.2) is 24.0 Å². The molecule has 2 rings (SSSR count). The van der Waals surface area contributed by atoms with Gasteiger partial charge in [0.05, 0.1) is 19.3 Å². The van der Waals surface area contributed by atoms with Gasteiger partial charge in [-0.2, -0.15) is 13.8 Å². The minimum absolute atomic E-state index is 0.196. The van der Waals surface area contributed by atoms with E-state index in [4.69, 9.17) is 29.0 Å². The van der Waals surface area contributed by atoms with Crippen molar-refractivity contribution < 1.29 is 56.1 Å². The van der Waals surface area contributed by atoms with Gasteiger partial charge in [-0.1, -0.05) is 0 Å². The smallest absolute Gasteiger partial charge is 0.407 e. The van der Waals surface area contributed by atoms with E-state index >= 15 is 8.78 Å². The second-order valence-electron chi connectivity index (χ2n) is 13.4. The lowest BCUT2D eigenvalue weighted by Gasteiger charge is -2.26. The molecule has 0 radical (unpaired) electrons. The quantitative estimate of drug-likeness (QED) is 0.0936. The Balaban J connectivity index is 2.09.